The number of hydrogen-bond donors (Lipinski definition) is 1. The van der Waals surface area contributed by atoms with Crippen LogP contribution in [-0.2, 0) is 14.3 Å². The highest BCUT2D eigenvalue weighted by Gasteiger charge is 2.14. The second-order valence-corrected chi connectivity index (χ2v) is 6.17. The molecule has 0 aliphatic carbocycles. The van der Waals surface area contributed by atoms with Crippen LogP contribution >= 0.6 is 11.6 Å². The van der Waals surface area contributed by atoms with Crippen LogP contribution in [0.2, 0.25) is 5.02 Å². The Labute approximate surface area is 168 Å². The molecule has 1 N–H and O–H groups in total. The summed E-state index contributed by atoms with van der Waals surface area (Å²) in [5.74, 6) is 0.428. The average Bonchev–Trinajstić information content (AvgIpc) is 2.68. The molecule has 0 fully saturated rings. The van der Waals surface area contributed by atoms with Gasteiger partial charge in [0.05, 0.1) is 38.0 Å². The predicted molar refractivity (Wildman–Crippen MR) is 105 cm³/mol. The first kappa shape index (κ1) is 21.4. The molecule has 0 aliphatic heterocycles. The van der Waals surface area contributed by atoms with Gasteiger partial charge in [-0.25, -0.2) is 0 Å². The molecule has 0 saturated heterocycles. The van der Waals surface area contributed by atoms with Gasteiger partial charge in [0, 0.05) is 6.07 Å². The van der Waals surface area contributed by atoms with Crippen LogP contribution in [0.5, 0.6) is 17.2 Å². The standard InChI is InChI=1S/C20H22ClNO6/c1-13-6-4-5-7-16(13)27-9-8-20(24)28-12-19(23)22-15-10-14(21)17(25-2)11-18(15)26-3/h4-7,10-11H,8-9,12H2,1-3H3,(H,22,23). The summed E-state index contributed by atoms with van der Waals surface area (Å²) in [7, 11) is 2.92. The Kier molecular flexibility index (Phi) is 7.95. The molecular formula is C20H22ClNO6. The maximum Gasteiger partial charge on any atom is 0.309 e. The number of ether oxygens (including phenoxy) is 4. The molecule has 0 bridgehead atoms. The van der Waals surface area contributed by atoms with Crippen LogP contribution in [0.25, 0.3) is 0 Å². The number of anilines is 1. The summed E-state index contributed by atoms with van der Waals surface area (Å²) in [4.78, 5) is 23.8. The molecule has 7 nitrogen and oxygen atoms in total. The van der Waals surface area contributed by atoms with Crippen molar-refractivity contribution in [3.63, 3.8) is 0 Å². The lowest BCUT2D eigenvalue weighted by molar-refractivity contribution is -0.147. The van der Waals surface area contributed by atoms with Gasteiger partial charge in [0.1, 0.15) is 17.2 Å². The van der Waals surface area contributed by atoms with Crippen LogP contribution in [0.4, 0.5) is 5.69 Å². The fraction of sp³-hybridized carbons (Fsp3) is 0.300. The smallest absolute Gasteiger partial charge is 0.309 e. The maximum absolute atomic E-state index is 12.0. The van der Waals surface area contributed by atoms with Crippen LogP contribution in [0.3, 0.4) is 0 Å². The largest absolute Gasteiger partial charge is 0.495 e. The lowest BCUT2D eigenvalue weighted by Gasteiger charge is -2.13. The van der Waals surface area contributed by atoms with Gasteiger partial charge in [-0.2, -0.15) is 0 Å². The van der Waals surface area contributed by atoms with E-state index in [-0.39, 0.29) is 13.0 Å². The van der Waals surface area contributed by atoms with Crippen molar-refractivity contribution in [2.45, 2.75) is 13.3 Å². The number of aryl methyl sites for hydroxylation is 1. The minimum atomic E-state index is -0.538. The van der Waals surface area contributed by atoms with E-state index in [0.29, 0.717) is 28.0 Å². The molecule has 0 unspecified atom stereocenters. The van der Waals surface area contributed by atoms with Crippen LogP contribution in [0, 0.1) is 6.92 Å². The van der Waals surface area contributed by atoms with E-state index >= 15 is 0 Å². The van der Waals surface area contributed by atoms with Crippen molar-refractivity contribution in [1.29, 1.82) is 0 Å². The number of nitrogens with one attached hydrogen (secondary N) is 1. The molecule has 28 heavy (non-hydrogen) atoms. The topological polar surface area (TPSA) is 83.1 Å². The molecule has 0 heterocycles. The quantitative estimate of drug-likeness (QED) is 0.639. The molecule has 0 spiro atoms. The van der Waals surface area contributed by atoms with Crippen molar-refractivity contribution < 1.29 is 28.5 Å². The Bertz CT molecular complexity index is 839. The van der Waals surface area contributed by atoms with Gasteiger partial charge in [0.15, 0.2) is 6.61 Å². The molecular weight excluding hydrogens is 386 g/mol. The molecule has 0 aromatic heterocycles. The Hall–Kier alpha value is -2.93. The summed E-state index contributed by atoms with van der Waals surface area (Å²) < 4.78 is 20.8. The van der Waals surface area contributed by atoms with Gasteiger partial charge in [-0.1, -0.05) is 29.8 Å². The lowest BCUT2D eigenvalue weighted by atomic mass is 10.2. The van der Waals surface area contributed by atoms with E-state index in [2.05, 4.69) is 5.32 Å². The van der Waals surface area contributed by atoms with Crippen LogP contribution in [-0.4, -0.2) is 39.3 Å². The SMILES string of the molecule is COc1cc(OC)c(NC(=O)COC(=O)CCOc2ccccc2C)cc1Cl. The minimum absolute atomic E-state index is 0.0271. The van der Waals surface area contributed by atoms with Crippen molar-refractivity contribution in [2.24, 2.45) is 0 Å². The second-order valence-electron chi connectivity index (χ2n) is 5.76. The highest BCUT2D eigenvalue weighted by atomic mass is 35.5. The minimum Gasteiger partial charge on any atom is -0.495 e. The number of hydrogen-bond acceptors (Lipinski definition) is 6. The van der Waals surface area contributed by atoms with E-state index in [1.807, 2.05) is 31.2 Å². The third-order valence-electron chi connectivity index (χ3n) is 3.77. The molecule has 8 heteroatoms. The van der Waals surface area contributed by atoms with Gasteiger partial charge >= 0.3 is 5.97 Å². The summed E-state index contributed by atoms with van der Waals surface area (Å²) >= 11 is 6.06. The van der Waals surface area contributed by atoms with E-state index in [9.17, 15) is 9.59 Å². The molecule has 150 valence electrons. The normalized spacial score (nSPS) is 10.1. The van der Waals surface area contributed by atoms with E-state index < -0.39 is 18.5 Å². The maximum atomic E-state index is 12.0. The van der Waals surface area contributed by atoms with E-state index in [1.54, 1.807) is 6.07 Å². The van der Waals surface area contributed by atoms with Crippen molar-refractivity contribution in [3.05, 3.63) is 47.0 Å². The highest BCUT2D eigenvalue weighted by Crippen LogP contribution is 2.35. The molecule has 0 atom stereocenters. The van der Waals surface area contributed by atoms with Crippen LogP contribution in [0.1, 0.15) is 12.0 Å². The number of rotatable bonds is 9. The molecule has 2 rings (SSSR count). The van der Waals surface area contributed by atoms with Gasteiger partial charge in [0.25, 0.3) is 5.91 Å². The first-order valence-corrected chi connectivity index (χ1v) is 8.87. The summed E-state index contributed by atoms with van der Waals surface area (Å²) in [5.41, 5.74) is 1.32. The van der Waals surface area contributed by atoms with Gasteiger partial charge in [0.2, 0.25) is 0 Å². The number of esters is 1. The summed E-state index contributed by atoms with van der Waals surface area (Å²) in [6, 6.07) is 10.5. The number of benzene rings is 2. The fourth-order valence-electron chi connectivity index (χ4n) is 2.32. The van der Waals surface area contributed by atoms with Crippen molar-refractivity contribution >= 4 is 29.2 Å². The Morgan fingerprint density at radius 1 is 1.04 bits per heavy atom. The molecule has 0 radical (unpaired) electrons. The van der Waals surface area contributed by atoms with Crippen molar-refractivity contribution in [2.75, 3.05) is 32.8 Å². The summed E-state index contributed by atoms with van der Waals surface area (Å²) in [6.45, 7) is 1.64. The zero-order valence-corrected chi connectivity index (χ0v) is 16.7. The average molecular weight is 408 g/mol. The molecule has 1 amide bonds. The Morgan fingerprint density at radius 2 is 1.75 bits per heavy atom. The van der Waals surface area contributed by atoms with Gasteiger partial charge in [-0.05, 0) is 24.6 Å². The van der Waals surface area contributed by atoms with E-state index in [4.69, 9.17) is 30.5 Å². The molecule has 2 aromatic carbocycles. The number of carbonyl (C=O) groups excluding carboxylic acids is 2. The van der Waals surface area contributed by atoms with E-state index in [0.717, 1.165) is 5.56 Å². The van der Waals surface area contributed by atoms with Gasteiger partial charge in [-0.3, -0.25) is 9.59 Å². The highest BCUT2D eigenvalue weighted by molar-refractivity contribution is 6.32. The van der Waals surface area contributed by atoms with Gasteiger partial charge in [-0.15, -0.1) is 0 Å². The van der Waals surface area contributed by atoms with Crippen molar-refractivity contribution in [3.8, 4) is 17.2 Å². The number of carbonyl (C=O) groups is 2. The first-order valence-electron chi connectivity index (χ1n) is 8.50. The lowest BCUT2D eigenvalue weighted by Crippen LogP contribution is -2.22. The second kappa shape index (κ2) is 10.4. The summed E-state index contributed by atoms with van der Waals surface area (Å²) in [6.07, 6.45) is 0.0271. The predicted octanol–water partition coefficient (Wildman–Crippen LogP) is 3.62. The van der Waals surface area contributed by atoms with Gasteiger partial charge < -0.3 is 24.3 Å². The monoisotopic (exact) mass is 407 g/mol. The zero-order valence-electron chi connectivity index (χ0n) is 15.9. The molecule has 0 aliphatic rings. The summed E-state index contributed by atoms with van der Waals surface area (Å²) in [5, 5.41) is 2.90. The third kappa shape index (κ3) is 6.06. The number of para-hydroxylation sites is 1. The fourth-order valence-corrected chi connectivity index (χ4v) is 2.57. The van der Waals surface area contributed by atoms with Crippen LogP contribution < -0.4 is 19.5 Å². The Morgan fingerprint density at radius 3 is 2.43 bits per heavy atom. The van der Waals surface area contributed by atoms with E-state index in [1.165, 1.54) is 20.3 Å². The zero-order chi connectivity index (χ0) is 20.5. The number of methoxy groups -OCH3 is 2. The molecule has 2 aromatic rings. The number of halogens is 1. The Balaban J connectivity index is 1.80. The third-order valence-corrected chi connectivity index (χ3v) is 4.06. The molecule has 0 saturated carbocycles. The van der Waals surface area contributed by atoms with Crippen LogP contribution in [0.15, 0.2) is 36.4 Å². The van der Waals surface area contributed by atoms with Crippen molar-refractivity contribution in [1.82, 2.24) is 0 Å². The first-order chi connectivity index (χ1) is 13.4. The number of amides is 1.